The lowest BCUT2D eigenvalue weighted by Crippen LogP contribution is -3.00. The summed E-state index contributed by atoms with van der Waals surface area (Å²) >= 11 is 0. The lowest BCUT2D eigenvalue weighted by molar-refractivity contribution is -0.384. The van der Waals surface area contributed by atoms with E-state index in [-0.39, 0.29) is 27.6 Å². The number of hydrogen-bond donors (Lipinski definition) is 0. The molecule has 1 aromatic heterocycles. The molecule has 0 spiro atoms. The third kappa shape index (κ3) is 5.72. The Balaban J connectivity index is 0.00000400. The fourth-order valence-electron chi connectivity index (χ4n) is 7.80. The first-order valence-corrected chi connectivity index (χ1v) is 19.1. The zero-order valence-electron chi connectivity index (χ0n) is 28.6. The smallest absolute Gasteiger partial charge is 0.269 e. The minimum atomic E-state index is -2.50. The highest BCUT2D eigenvalue weighted by Gasteiger charge is 2.49. The molecule has 1 heterocycles. The van der Waals surface area contributed by atoms with Gasteiger partial charge in [0, 0.05) is 29.4 Å². The van der Waals surface area contributed by atoms with Crippen LogP contribution in [-0.4, -0.2) is 14.5 Å². The Morgan fingerprint density at radius 2 is 0.981 bits per heavy atom. The number of nitrogens with zero attached hydrogens (tertiary/aromatic N) is 3. The van der Waals surface area contributed by atoms with Gasteiger partial charge in [-0.25, -0.2) is 4.98 Å². The summed E-state index contributed by atoms with van der Waals surface area (Å²) in [6.45, 7) is 0.480. The van der Waals surface area contributed by atoms with Crippen molar-refractivity contribution < 1.29 is 21.9 Å². The van der Waals surface area contributed by atoms with Crippen LogP contribution in [0.5, 0.6) is 0 Å². The van der Waals surface area contributed by atoms with E-state index in [9.17, 15) is 10.1 Å². The minimum absolute atomic E-state index is 0. The number of rotatable bonds is 8. The van der Waals surface area contributed by atoms with Crippen LogP contribution in [0.15, 0.2) is 188 Å². The lowest BCUT2D eigenvalue weighted by Gasteiger charge is -2.29. The highest BCUT2D eigenvalue weighted by molar-refractivity contribution is 8.01. The Bertz CT molecular complexity index is 2640. The topological polar surface area (TPSA) is 61.0 Å². The molecular weight excluding hydrogens is 737 g/mol. The van der Waals surface area contributed by atoms with Crippen LogP contribution in [0.3, 0.4) is 0 Å². The summed E-state index contributed by atoms with van der Waals surface area (Å²) in [6, 6.07) is 65.4. The SMILES string of the molecule is O=[N+]([O-])c1ccc(Cn2c(-c3ccccc3[P+](c3ccccc3)(c3ccccc3)c3ccccc3)nc3c4ccccc4c4ccccc4c32)cc1.[Br-]. The van der Waals surface area contributed by atoms with E-state index in [0.717, 1.165) is 49.5 Å². The Labute approximate surface area is 318 Å². The molecule has 5 nitrogen and oxygen atoms in total. The molecule has 9 rings (SSSR count). The van der Waals surface area contributed by atoms with Crippen LogP contribution in [0.4, 0.5) is 5.69 Å². The third-order valence-electron chi connectivity index (χ3n) is 10.0. The molecule has 0 aliphatic heterocycles. The van der Waals surface area contributed by atoms with Crippen molar-refractivity contribution in [1.82, 2.24) is 9.55 Å². The first-order valence-electron chi connectivity index (χ1n) is 17.3. The number of nitro groups is 1. The van der Waals surface area contributed by atoms with Gasteiger partial charge in [-0.15, -0.1) is 0 Å². The molecule has 256 valence electrons. The Morgan fingerprint density at radius 1 is 0.528 bits per heavy atom. The fraction of sp³-hybridized carbons (Fsp3) is 0.0217. The lowest BCUT2D eigenvalue weighted by atomic mass is 10.00. The van der Waals surface area contributed by atoms with Gasteiger partial charge in [-0.05, 0) is 64.9 Å². The maximum absolute atomic E-state index is 11.6. The number of aromatic nitrogens is 2. The van der Waals surface area contributed by atoms with Crippen molar-refractivity contribution in [2.45, 2.75) is 6.54 Å². The van der Waals surface area contributed by atoms with E-state index in [1.165, 1.54) is 21.2 Å². The van der Waals surface area contributed by atoms with Crippen LogP contribution in [0, 0.1) is 10.1 Å². The van der Waals surface area contributed by atoms with Gasteiger partial charge < -0.3 is 21.5 Å². The highest BCUT2D eigenvalue weighted by Crippen LogP contribution is 2.56. The average Bonchev–Trinajstić information content (AvgIpc) is 3.59. The molecule has 0 amide bonds. The van der Waals surface area contributed by atoms with E-state index in [2.05, 4.69) is 168 Å². The van der Waals surface area contributed by atoms with E-state index < -0.39 is 7.26 Å². The summed E-state index contributed by atoms with van der Waals surface area (Å²) in [5, 5.41) is 21.1. The van der Waals surface area contributed by atoms with Crippen molar-refractivity contribution in [3.05, 3.63) is 204 Å². The molecule has 8 aromatic carbocycles. The molecule has 53 heavy (non-hydrogen) atoms. The van der Waals surface area contributed by atoms with E-state index >= 15 is 0 Å². The molecule has 0 bridgehead atoms. The normalized spacial score (nSPS) is 11.5. The Kier molecular flexibility index (Phi) is 9.17. The highest BCUT2D eigenvalue weighted by atomic mass is 79.9. The zero-order chi connectivity index (χ0) is 35.1. The van der Waals surface area contributed by atoms with Gasteiger partial charge in [0.1, 0.15) is 34.3 Å². The summed E-state index contributed by atoms with van der Waals surface area (Å²) < 4.78 is 2.33. The number of imidazole rings is 1. The molecule has 0 atom stereocenters. The van der Waals surface area contributed by atoms with Crippen molar-refractivity contribution in [2.24, 2.45) is 0 Å². The minimum Gasteiger partial charge on any atom is -1.00 e. The van der Waals surface area contributed by atoms with Crippen LogP contribution in [-0.2, 0) is 6.54 Å². The van der Waals surface area contributed by atoms with Gasteiger partial charge in [0.25, 0.3) is 5.69 Å². The summed E-state index contributed by atoms with van der Waals surface area (Å²) in [5.41, 5.74) is 4.06. The van der Waals surface area contributed by atoms with Gasteiger partial charge in [0.2, 0.25) is 0 Å². The third-order valence-corrected chi connectivity index (χ3v) is 14.4. The number of non-ortho nitro benzene ring substituents is 1. The fourth-order valence-corrected chi connectivity index (χ4v) is 12.2. The van der Waals surface area contributed by atoms with E-state index in [1.54, 1.807) is 12.1 Å². The summed E-state index contributed by atoms with van der Waals surface area (Å²) in [4.78, 5) is 16.9. The van der Waals surface area contributed by atoms with Crippen molar-refractivity contribution in [3.8, 4) is 11.4 Å². The average molecular weight is 771 g/mol. The van der Waals surface area contributed by atoms with E-state index in [1.807, 2.05) is 12.1 Å². The van der Waals surface area contributed by atoms with Crippen LogP contribution < -0.4 is 38.2 Å². The predicted molar refractivity (Wildman–Crippen MR) is 217 cm³/mol. The maximum atomic E-state index is 11.6. The summed E-state index contributed by atoms with van der Waals surface area (Å²) in [5.74, 6) is 0.859. The van der Waals surface area contributed by atoms with Gasteiger partial charge >= 0.3 is 0 Å². The molecule has 0 radical (unpaired) electrons. The van der Waals surface area contributed by atoms with E-state index in [4.69, 9.17) is 4.98 Å². The van der Waals surface area contributed by atoms with Gasteiger partial charge in [-0.1, -0.05) is 127 Å². The van der Waals surface area contributed by atoms with E-state index in [0.29, 0.717) is 6.54 Å². The van der Waals surface area contributed by atoms with Crippen LogP contribution in [0.2, 0.25) is 0 Å². The standard InChI is InChI=1S/C46H33N3O2P.BrH/c50-49(51)34-30-28-33(29-31-34)32-48-45-41-25-13-11-23-39(41)38-22-10-12-24-40(38)44(45)47-46(48)42-26-14-15-27-43(42)52(35-16-4-1-5-17-35,36-18-6-2-7-19-36)37-20-8-3-9-21-37;/h1-31H,32H2;1H/q+1;/p-1. The second-order valence-corrected chi connectivity index (χ2v) is 16.3. The maximum Gasteiger partial charge on any atom is 0.269 e. The second-order valence-electron chi connectivity index (χ2n) is 12.9. The van der Waals surface area contributed by atoms with Crippen molar-refractivity contribution >= 4 is 66.7 Å². The molecule has 0 fully saturated rings. The van der Waals surface area contributed by atoms with Gasteiger partial charge in [0.05, 0.1) is 21.5 Å². The quantitative estimate of drug-likeness (QED) is 0.0759. The van der Waals surface area contributed by atoms with Crippen LogP contribution >= 0.6 is 7.26 Å². The molecule has 9 aromatic rings. The molecule has 7 heteroatoms. The molecule has 0 aliphatic carbocycles. The molecule has 0 aliphatic rings. The van der Waals surface area contributed by atoms with Gasteiger partial charge in [-0.3, -0.25) is 10.1 Å². The van der Waals surface area contributed by atoms with Gasteiger partial charge in [0.15, 0.2) is 0 Å². The largest absolute Gasteiger partial charge is 1.00 e. The summed E-state index contributed by atoms with van der Waals surface area (Å²) in [7, 11) is -2.50. The number of halogens is 1. The molecule has 0 N–H and O–H groups in total. The number of nitro benzene ring substituents is 1. The second kappa shape index (κ2) is 14.2. The molecule has 0 saturated heterocycles. The zero-order valence-corrected chi connectivity index (χ0v) is 31.1. The Morgan fingerprint density at radius 3 is 1.53 bits per heavy atom. The first-order chi connectivity index (χ1) is 25.6. The van der Waals surface area contributed by atoms with Crippen LogP contribution in [0.1, 0.15) is 5.56 Å². The van der Waals surface area contributed by atoms with Gasteiger partial charge in [-0.2, -0.15) is 0 Å². The van der Waals surface area contributed by atoms with Crippen molar-refractivity contribution in [2.75, 3.05) is 0 Å². The Hall–Kier alpha value is -5.94. The number of fused-ring (bicyclic) bond motifs is 6. The number of hydrogen-bond acceptors (Lipinski definition) is 3. The summed E-state index contributed by atoms with van der Waals surface area (Å²) in [6.07, 6.45) is 0. The monoisotopic (exact) mass is 769 g/mol. The molecular formula is C46H33BrN3O2P. The van der Waals surface area contributed by atoms with Crippen molar-refractivity contribution in [3.63, 3.8) is 0 Å². The van der Waals surface area contributed by atoms with Crippen LogP contribution in [0.25, 0.3) is 44.0 Å². The first kappa shape index (κ1) is 34.2. The van der Waals surface area contributed by atoms with Crippen molar-refractivity contribution in [1.29, 1.82) is 0 Å². The predicted octanol–water partition coefficient (Wildman–Crippen LogP) is 6.59. The molecule has 0 saturated carbocycles. The molecule has 0 unspecified atom stereocenters. The number of benzene rings is 8.